The number of halogens is 3. The zero-order chi connectivity index (χ0) is 28.8. The first-order chi connectivity index (χ1) is 18.4. The lowest BCUT2D eigenvalue weighted by atomic mass is 10.0. The Morgan fingerprint density at radius 1 is 1.10 bits per heavy atom. The van der Waals surface area contributed by atoms with E-state index >= 15 is 0 Å². The number of nitrogens with zero attached hydrogens (tertiary/aromatic N) is 3. The number of unbranched alkanes of at least 4 members (excludes halogenated alkanes) is 1. The number of amides is 1. The van der Waals surface area contributed by atoms with Crippen LogP contribution in [0.3, 0.4) is 0 Å². The van der Waals surface area contributed by atoms with Gasteiger partial charge in [0.25, 0.3) is 5.91 Å². The fourth-order valence-electron chi connectivity index (χ4n) is 4.30. The van der Waals surface area contributed by atoms with Crippen molar-refractivity contribution in [1.82, 2.24) is 4.90 Å². The van der Waals surface area contributed by atoms with Gasteiger partial charge in [-0.2, -0.15) is 18.4 Å². The minimum atomic E-state index is -4.74. The third kappa shape index (κ3) is 7.06. The zero-order valence-electron chi connectivity index (χ0n) is 22.0. The normalized spacial score (nSPS) is 14.9. The molecule has 1 saturated heterocycles. The van der Waals surface area contributed by atoms with Gasteiger partial charge >= 0.3 is 12.1 Å². The van der Waals surface area contributed by atoms with Crippen LogP contribution in [-0.4, -0.2) is 47.7 Å². The average molecular weight is 562 g/mol. The summed E-state index contributed by atoms with van der Waals surface area (Å²) in [4.78, 5) is 27.2. The van der Waals surface area contributed by atoms with Crippen molar-refractivity contribution >= 4 is 34.9 Å². The van der Waals surface area contributed by atoms with Crippen molar-refractivity contribution in [1.29, 1.82) is 5.26 Å². The van der Waals surface area contributed by atoms with Gasteiger partial charge in [0.2, 0.25) is 0 Å². The minimum Gasteiger partial charge on any atom is -0.494 e. The summed E-state index contributed by atoms with van der Waals surface area (Å²) in [5.74, 6) is 0.0179. The molecule has 1 fully saturated rings. The molecule has 2 aromatic carbocycles. The number of benzene rings is 2. The Kier molecular flexibility index (Phi) is 9.56. The molecule has 0 atom stereocenters. The molecule has 0 saturated carbocycles. The fraction of sp³-hybridized carbons (Fsp3) is 0.429. The lowest BCUT2D eigenvalue weighted by Gasteiger charge is -2.29. The maximum absolute atomic E-state index is 13.5. The van der Waals surface area contributed by atoms with Gasteiger partial charge in [-0.15, -0.1) is 0 Å². The van der Waals surface area contributed by atoms with Crippen LogP contribution in [0.5, 0.6) is 5.75 Å². The molecule has 3 rings (SSSR count). The molecule has 0 spiro atoms. The van der Waals surface area contributed by atoms with Crippen LogP contribution in [0.1, 0.15) is 56.2 Å². The van der Waals surface area contributed by atoms with E-state index in [2.05, 4.69) is 4.74 Å². The molecule has 208 valence electrons. The highest BCUT2D eigenvalue weighted by Crippen LogP contribution is 2.38. The first kappa shape index (κ1) is 29.9. The Bertz CT molecular complexity index is 1260. The Labute approximate surface area is 231 Å². The number of anilines is 1. The van der Waals surface area contributed by atoms with E-state index in [0.29, 0.717) is 38.2 Å². The van der Waals surface area contributed by atoms with Crippen molar-refractivity contribution in [2.45, 2.75) is 57.7 Å². The van der Waals surface area contributed by atoms with Crippen LogP contribution in [0.4, 0.5) is 18.9 Å². The maximum atomic E-state index is 13.5. The quantitative estimate of drug-likeness (QED) is 0.199. The highest BCUT2D eigenvalue weighted by Gasteiger charge is 2.49. The number of esters is 1. The Morgan fingerprint density at radius 2 is 1.79 bits per heavy atom. The summed E-state index contributed by atoms with van der Waals surface area (Å²) >= 11 is 5.54. The standard InChI is InChI=1S/C28H30F3N3O4S/c1-27(2)25(36)34(21-12-11-20(18-32)23(17-21)28(29,30)31)26(39)33(27)15-5-4-7-19-9-13-22(14-10-19)38-16-6-8-24(35)37-3/h9-14,17H,4-8,15-16H2,1-3H3. The number of hydrogen-bond donors (Lipinski definition) is 0. The monoisotopic (exact) mass is 561 g/mol. The fourth-order valence-corrected chi connectivity index (χ4v) is 4.81. The van der Waals surface area contributed by atoms with Gasteiger partial charge in [-0.25, -0.2) is 0 Å². The van der Waals surface area contributed by atoms with Crippen LogP contribution in [0, 0.1) is 11.3 Å². The number of carbonyl (C=O) groups is 2. The Morgan fingerprint density at radius 3 is 2.41 bits per heavy atom. The van der Waals surface area contributed by atoms with Crippen LogP contribution >= 0.6 is 12.2 Å². The van der Waals surface area contributed by atoms with Crippen molar-refractivity contribution in [3.8, 4) is 11.8 Å². The van der Waals surface area contributed by atoms with Crippen LogP contribution in [0.2, 0.25) is 0 Å². The van der Waals surface area contributed by atoms with E-state index in [1.807, 2.05) is 24.3 Å². The van der Waals surface area contributed by atoms with Gasteiger partial charge in [-0.05, 0) is 87.6 Å². The minimum absolute atomic E-state index is 0.0143. The molecule has 0 radical (unpaired) electrons. The van der Waals surface area contributed by atoms with E-state index < -0.39 is 28.7 Å². The number of alkyl halides is 3. The van der Waals surface area contributed by atoms with E-state index in [0.717, 1.165) is 35.4 Å². The van der Waals surface area contributed by atoms with Gasteiger partial charge in [-0.3, -0.25) is 14.5 Å². The predicted molar refractivity (Wildman–Crippen MR) is 143 cm³/mol. The zero-order valence-corrected chi connectivity index (χ0v) is 22.8. The van der Waals surface area contributed by atoms with Crippen LogP contribution < -0.4 is 9.64 Å². The summed E-state index contributed by atoms with van der Waals surface area (Å²) in [6, 6.07) is 12.4. The number of carbonyl (C=O) groups excluding carboxylic acids is 2. The molecule has 0 aromatic heterocycles. The van der Waals surface area contributed by atoms with Crippen LogP contribution in [-0.2, 0) is 26.9 Å². The molecule has 39 heavy (non-hydrogen) atoms. The molecule has 0 N–H and O–H groups in total. The summed E-state index contributed by atoms with van der Waals surface area (Å²) in [5.41, 5.74) is -1.56. The lowest BCUT2D eigenvalue weighted by Crippen LogP contribution is -2.44. The Balaban J connectivity index is 1.57. The van der Waals surface area contributed by atoms with Gasteiger partial charge in [0.1, 0.15) is 11.3 Å². The number of thiocarbonyl (C=S) groups is 1. The predicted octanol–water partition coefficient (Wildman–Crippen LogP) is 5.64. The summed E-state index contributed by atoms with van der Waals surface area (Å²) in [5, 5.41) is 9.20. The van der Waals surface area contributed by atoms with Gasteiger partial charge in [-0.1, -0.05) is 12.1 Å². The number of rotatable bonds is 11. The molecule has 1 aliphatic rings. The molecule has 1 aliphatic heterocycles. The maximum Gasteiger partial charge on any atom is 0.417 e. The lowest BCUT2D eigenvalue weighted by molar-refractivity contribution is -0.141. The Hall–Kier alpha value is -3.65. The summed E-state index contributed by atoms with van der Waals surface area (Å²) in [6.07, 6.45) is -1.58. The first-order valence-corrected chi connectivity index (χ1v) is 12.9. The number of methoxy groups -OCH3 is 1. The molecule has 11 heteroatoms. The molecule has 0 aliphatic carbocycles. The van der Waals surface area contributed by atoms with Crippen molar-refractivity contribution in [3.63, 3.8) is 0 Å². The van der Waals surface area contributed by atoms with Crippen LogP contribution in [0.25, 0.3) is 0 Å². The summed E-state index contributed by atoms with van der Waals surface area (Å²) < 4.78 is 50.7. The molecule has 0 bridgehead atoms. The van der Waals surface area contributed by atoms with Gasteiger partial charge in [0, 0.05) is 13.0 Å². The van der Waals surface area contributed by atoms with E-state index in [9.17, 15) is 22.8 Å². The van der Waals surface area contributed by atoms with E-state index in [4.69, 9.17) is 22.2 Å². The van der Waals surface area contributed by atoms with Crippen molar-refractivity contribution in [2.75, 3.05) is 25.2 Å². The highest BCUT2D eigenvalue weighted by molar-refractivity contribution is 7.80. The number of hydrogen-bond acceptors (Lipinski definition) is 6. The molecule has 1 heterocycles. The van der Waals surface area contributed by atoms with E-state index in [1.54, 1.807) is 24.8 Å². The SMILES string of the molecule is COC(=O)CCCOc1ccc(CCCCN2C(=S)N(c3ccc(C#N)c(C(F)(F)F)c3)C(=O)C2(C)C)cc1. The molecule has 7 nitrogen and oxygen atoms in total. The van der Waals surface area contributed by atoms with Crippen molar-refractivity contribution in [2.24, 2.45) is 0 Å². The van der Waals surface area contributed by atoms with Crippen molar-refractivity contribution < 1.29 is 32.2 Å². The second kappa shape index (κ2) is 12.5. The van der Waals surface area contributed by atoms with E-state index in [-0.39, 0.29) is 16.8 Å². The largest absolute Gasteiger partial charge is 0.494 e. The summed E-state index contributed by atoms with van der Waals surface area (Å²) in [7, 11) is 1.35. The number of aryl methyl sites for hydroxylation is 1. The van der Waals surface area contributed by atoms with Crippen LogP contribution in [0.15, 0.2) is 42.5 Å². The third-order valence-corrected chi connectivity index (χ3v) is 6.96. The van der Waals surface area contributed by atoms with Crippen molar-refractivity contribution in [3.05, 3.63) is 59.2 Å². The number of nitriles is 1. The summed E-state index contributed by atoms with van der Waals surface area (Å²) in [6.45, 7) is 4.26. The molecular weight excluding hydrogens is 531 g/mol. The second-order valence-corrected chi connectivity index (χ2v) is 9.97. The first-order valence-electron chi connectivity index (χ1n) is 12.5. The highest BCUT2D eigenvalue weighted by atomic mass is 32.1. The van der Waals surface area contributed by atoms with Gasteiger partial charge in [0.15, 0.2) is 5.11 Å². The molecule has 1 amide bonds. The second-order valence-electron chi connectivity index (χ2n) is 9.60. The topological polar surface area (TPSA) is 82.9 Å². The molecule has 0 unspecified atom stereocenters. The van der Waals surface area contributed by atoms with Gasteiger partial charge < -0.3 is 14.4 Å². The third-order valence-electron chi connectivity index (χ3n) is 6.55. The average Bonchev–Trinajstić information content (AvgIpc) is 3.07. The molecular formula is C28H30F3N3O4S. The number of ether oxygens (including phenoxy) is 2. The molecule has 2 aromatic rings. The smallest absolute Gasteiger partial charge is 0.417 e. The van der Waals surface area contributed by atoms with Gasteiger partial charge in [0.05, 0.1) is 36.6 Å². The van der Waals surface area contributed by atoms with E-state index in [1.165, 1.54) is 13.2 Å².